The number of amides is 1. The molecule has 1 aromatic rings. The number of alkyl halides is 3. The predicted octanol–water partition coefficient (Wildman–Crippen LogP) is 1.40. The van der Waals surface area contributed by atoms with Crippen LogP contribution in [0.5, 0.6) is 0 Å². The Kier molecular flexibility index (Phi) is 3.33. The summed E-state index contributed by atoms with van der Waals surface area (Å²) in [7, 11) is 0. The molecule has 0 fully saturated rings. The molecule has 0 aliphatic carbocycles. The summed E-state index contributed by atoms with van der Waals surface area (Å²) in [6.07, 6.45) is -5.29. The van der Waals surface area contributed by atoms with Crippen molar-refractivity contribution in [3.05, 3.63) is 17.5 Å². The van der Waals surface area contributed by atoms with Crippen molar-refractivity contribution in [2.75, 3.05) is 6.54 Å². The van der Waals surface area contributed by atoms with E-state index in [1.165, 1.54) is 6.07 Å². The Bertz CT molecular complexity index is 345. The van der Waals surface area contributed by atoms with E-state index in [0.717, 1.165) is 0 Å². The van der Waals surface area contributed by atoms with Gasteiger partial charge in [-0.25, -0.2) is 0 Å². The van der Waals surface area contributed by atoms with Crippen molar-refractivity contribution in [2.24, 2.45) is 0 Å². The highest BCUT2D eigenvalue weighted by atomic mass is 19.4. The summed E-state index contributed by atoms with van der Waals surface area (Å²) in [4.78, 5) is 11.2. The highest BCUT2D eigenvalue weighted by molar-refractivity contribution is 5.92. The van der Waals surface area contributed by atoms with E-state index in [9.17, 15) is 18.0 Å². The molecule has 0 radical (unpaired) electrons. The first kappa shape index (κ1) is 11.5. The maximum atomic E-state index is 11.7. The molecule has 1 rings (SSSR count). The fraction of sp³-hybridized carbons (Fsp3) is 0.500. The van der Waals surface area contributed by atoms with Gasteiger partial charge in [-0.3, -0.25) is 9.89 Å². The molecule has 0 saturated carbocycles. The van der Waals surface area contributed by atoms with E-state index in [-0.39, 0.29) is 5.69 Å². The van der Waals surface area contributed by atoms with Gasteiger partial charge in [0, 0.05) is 12.2 Å². The van der Waals surface area contributed by atoms with Gasteiger partial charge in [-0.1, -0.05) is 0 Å². The molecular weight excluding hydrogens is 211 g/mol. The first-order chi connectivity index (χ1) is 6.88. The lowest BCUT2D eigenvalue weighted by Crippen LogP contribution is -2.28. The second-order valence-corrected chi connectivity index (χ2v) is 3.06. The third-order valence-electron chi connectivity index (χ3n) is 1.63. The van der Waals surface area contributed by atoms with E-state index in [4.69, 9.17) is 0 Å². The van der Waals surface area contributed by atoms with E-state index in [0.29, 0.717) is 5.69 Å². The Morgan fingerprint density at radius 3 is 2.73 bits per heavy atom. The van der Waals surface area contributed by atoms with Crippen LogP contribution >= 0.6 is 0 Å². The molecule has 1 heterocycles. The van der Waals surface area contributed by atoms with Crippen molar-refractivity contribution in [2.45, 2.75) is 19.5 Å². The maximum absolute atomic E-state index is 11.7. The number of carbonyl (C=O) groups is 1. The zero-order valence-corrected chi connectivity index (χ0v) is 7.98. The van der Waals surface area contributed by atoms with Gasteiger partial charge < -0.3 is 5.32 Å². The van der Waals surface area contributed by atoms with Crippen LogP contribution in [0.1, 0.15) is 22.6 Å². The molecule has 0 bridgehead atoms. The Morgan fingerprint density at radius 2 is 2.27 bits per heavy atom. The number of aromatic amines is 1. The second-order valence-electron chi connectivity index (χ2n) is 3.06. The molecule has 0 aromatic carbocycles. The molecule has 15 heavy (non-hydrogen) atoms. The number of halogens is 3. The third kappa shape index (κ3) is 4.01. The van der Waals surface area contributed by atoms with Crippen LogP contribution in [0.2, 0.25) is 0 Å². The second kappa shape index (κ2) is 4.33. The van der Waals surface area contributed by atoms with Crippen LogP contribution in [0.3, 0.4) is 0 Å². The van der Waals surface area contributed by atoms with Crippen LogP contribution in [0.4, 0.5) is 13.2 Å². The smallest absolute Gasteiger partial charge is 0.350 e. The van der Waals surface area contributed by atoms with Gasteiger partial charge >= 0.3 is 6.18 Å². The zero-order chi connectivity index (χ0) is 11.5. The van der Waals surface area contributed by atoms with Crippen molar-refractivity contribution >= 4 is 5.91 Å². The molecule has 0 aliphatic heterocycles. The van der Waals surface area contributed by atoms with Crippen molar-refractivity contribution in [1.29, 1.82) is 0 Å². The van der Waals surface area contributed by atoms with Crippen LogP contribution in [0, 0.1) is 6.92 Å². The number of hydrogen-bond donors (Lipinski definition) is 2. The number of nitrogens with zero attached hydrogens (tertiary/aromatic N) is 1. The van der Waals surface area contributed by atoms with Crippen molar-refractivity contribution in [3.8, 4) is 0 Å². The number of nitrogens with one attached hydrogen (secondary N) is 2. The number of rotatable bonds is 3. The average molecular weight is 221 g/mol. The Labute approximate surface area is 83.9 Å². The highest BCUT2D eigenvalue weighted by Gasteiger charge is 2.26. The Balaban J connectivity index is 2.37. The summed E-state index contributed by atoms with van der Waals surface area (Å²) in [6.45, 7) is 1.26. The van der Waals surface area contributed by atoms with Gasteiger partial charge in [0.25, 0.3) is 5.91 Å². The van der Waals surface area contributed by atoms with Gasteiger partial charge in [0.1, 0.15) is 5.69 Å². The first-order valence-electron chi connectivity index (χ1n) is 4.25. The maximum Gasteiger partial charge on any atom is 0.390 e. The number of aromatic nitrogens is 2. The average Bonchev–Trinajstić information content (AvgIpc) is 2.49. The Morgan fingerprint density at radius 1 is 1.60 bits per heavy atom. The lowest BCUT2D eigenvalue weighted by Gasteiger charge is -2.06. The lowest BCUT2D eigenvalue weighted by molar-refractivity contribution is -0.132. The van der Waals surface area contributed by atoms with Gasteiger partial charge in [-0.2, -0.15) is 18.3 Å². The molecule has 84 valence electrons. The van der Waals surface area contributed by atoms with Gasteiger partial charge in [-0.05, 0) is 13.0 Å². The standard InChI is InChI=1S/C8H10F3N3O/c1-5-4-6(14-13-5)7(15)12-3-2-8(9,10)11/h4H,2-3H2,1H3,(H,12,15)(H,13,14). The SMILES string of the molecule is Cc1cc(C(=O)NCCC(F)(F)F)n[nH]1. The summed E-state index contributed by atoms with van der Waals surface area (Å²) in [5.41, 5.74) is 0.769. The molecule has 1 amide bonds. The quantitative estimate of drug-likeness (QED) is 0.810. The number of hydrogen-bond acceptors (Lipinski definition) is 2. The van der Waals surface area contributed by atoms with Gasteiger partial charge in [0.05, 0.1) is 6.42 Å². The van der Waals surface area contributed by atoms with Gasteiger partial charge in [0.2, 0.25) is 0 Å². The molecule has 1 aromatic heterocycles. The van der Waals surface area contributed by atoms with Crippen LogP contribution in [0.25, 0.3) is 0 Å². The molecule has 4 nitrogen and oxygen atoms in total. The fourth-order valence-electron chi connectivity index (χ4n) is 0.943. The van der Waals surface area contributed by atoms with E-state index in [2.05, 4.69) is 15.5 Å². The largest absolute Gasteiger partial charge is 0.390 e. The molecule has 2 N–H and O–H groups in total. The van der Waals surface area contributed by atoms with Gasteiger partial charge in [-0.15, -0.1) is 0 Å². The topological polar surface area (TPSA) is 57.8 Å². The number of H-pyrrole nitrogens is 1. The van der Waals surface area contributed by atoms with Crippen LogP contribution in [-0.2, 0) is 0 Å². The molecule has 0 saturated heterocycles. The van der Waals surface area contributed by atoms with E-state index >= 15 is 0 Å². The molecule has 0 spiro atoms. The minimum atomic E-state index is -4.26. The molecule has 7 heteroatoms. The minimum Gasteiger partial charge on any atom is -0.350 e. The number of carbonyl (C=O) groups excluding carboxylic acids is 1. The third-order valence-corrected chi connectivity index (χ3v) is 1.63. The monoisotopic (exact) mass is 221 g/mol. The summed E-state index contributed by atoms with van der Waals surface area (Å²) >= 11 is 0. The van der Waals surface area contributed by atoms with Crippen molar-refractivity contribution in [3.63, 3.8) is 0 Å². The van der Waals surface area contributed by atoms with Crippen LogP contribution in [0.15, 0.2) is 6.07 Å². The minimum absolute atomic E-state index is 0.0923. The van der Waals surface area contributed by atoms with Crippen molar-refractivity contribution < 1.29 is 18.0 Å². The summed E-state index contributed by atoms with van der Waals surface area (Å²) < 4.78 is 35.2. The summed E-state index contributed by atoms with van der Waals surface area (Å²) in [5.74, 6) is -0.608. The van der Waals surface area contributed by atoms with Crippen molar-refractivity contribution in [1.82, 2.24) is 15.5 Å². The fourth-order valence-corrected chi connectivity index (χ4v) is 0.943. The zero-order valence-electron chi connectivity index (χ0n) is 7.98. The highest BCUT2D eigenvalue weighted by Crippen LogP contribution is 2.18. The molecule has 0 unspecified atom stereocenters. The predicted molar refractivity (Wildman–Crippen MR) is 46.3 cm³/mol. The first-order valence-corrected chi connectivity index (χ1v) is 4.25. The lowest BCUT2D eigenvalue weighted by atomic mass is 10.3. The van der Waals surface area contributed by atoms with Gasteiger partial charge in [0.15, 0.2) is 0 Å². The summed E-state index contributed by atoms with van der Waals surface area (Å²) in [6, 6.07) is 1.46. The molecular formula is C8H10F3N3O. The molecule has 0 aliphatic rings. The van der Waals surface area contributed by atoms with E-state index < -0.39 is 25.0 Å². The Hall–Kier alpha value is -1.53. The number of aryl methyl sites for hydroxylation is 1. The van der Waals surface area contributed by atoms with E-state index in [1.807, 2.05) is 0 Å². The normalized spacial score (nSPS) is 11.5. The summed E-state index contributed by atoms with van der Waals surface area (Å²) in [5, 5.41) is 8.26. The molecule has 0 atom stereocenters. The van der Waals surface area contributed by atoms with Crippen LogP contribution < -0.4 is 5.32 Å². The van der Waals surface area contributed by atoms with Crippen LogP contribution in [-0.4, -0.2) is 28.8 Å². The van der Waals surface area contributed by atoms with E-state index in [1.54, 1.807) is 6.92 Å².